The van der Waals surface area contributed by atoms with Gasteiger partial charge in [-0.3, -0.25) is 4.57 Å². The number of H-pyrrole nitrogens is 1. The molecule has 0 saturated heterocycles. The Kier molecular flexibility index (Phi) is 2.23. The molecule has 0 spiro atoms. The Hall–Kier alpha value is -2.49. The number of nitrogens with one attached hydrogen (secondary N) is 1. The van der Waals surface area contributed by atoms with Crippen LogP contribution in [0.1, 0.15) is 5.56 Å². The number of aromatic amines is 1. The lowest BCUT2D eigenvalue weighted by atomic mass is 10.2. The van der Waals surface area contributed by atoms with Crippen LogP contribution in [-0.2, 0) is 0 Å². The molecule has 1 heterocycles. The average molecular weight is 240 g/mol. The minimum atomic E-state index is -0.179. The van der Waals surface area contributed by atoms with Crippen molar-refractivity contribution < 1.29 is 5.11 Å². The Morgan fingerprint density at radius 1 is 1.11 bits per heavy atom. The fourth-order valence-corrected chi connectivity index (χ4v) is 2.08. The number of aromatic nitrogens is 2. The standard InChI is InChI=1S/C14H12N2O2/c1-9-2-7-13-12(8-9)15-14(18)16(13)10-3-5-11(17)6-4-10/h2-8,17H,1H3,(H,15,18). The molecule has 1 aromatic heterocycles. The Morgan fingerprint density at radius 3 is 2.56 bits per heavy atom. The smallest absolute Gasteiger partial charge is 0.331 e. The molecule has 0 radical (unpaired) electrons. The molecule has 3 rings (SSSR count). The van der Waals surface area contributed by atoms with E-state index in [1.807, 2.05) is 25.1 Å². The molecule has 0 bridgehead atoms. The van der Waals surface area contributed by atoms with E-state index in [2.05, 4.69) is 4.98 Å². The highest BCUT2D eigenvalue weighted by atomic mass is 16.3. The summed E-state index contributed by atoms with van der Waals surface area (Å²) in [5.74, 6) is 0.183. The molecule has 2 N–H and O–H groups in total. The second-order valence-electron chi connectivity index (χ2n) is 4.30. The van der Waals surface area contributed by atoms with Gasteiger partial charge in [0.1, 0.15) is 5.75 Å². The molecule has 4 heteroatoms. The molecule has 0 aliphatic heterocycles. The van der Waals surface area contributed by atoms with Crippen LogP contribution in [0.25, 0.3) is 16.7 Å². The van der Waals surface area contributed by atoms with E-state index in [1.165, 1.54) is 0 Å². The van der Waals surface area contributed by atoms with Crippen LogP contribution in [0.15, 0.2) is 47.3 Å². The molecule has 2 aromatic carbocycles. The van der Waals surface area contributed by atoms with Gasteiger partial charge in [0.05, 0.1) is 16.7 Å². The molecule has 18 heavy (non-hydrogen) atoms. The van der Waals surface area contributed by atoms with Crippen LogP contribution in [-0.4, -0.2) is 14.7 Å². The fourth-order valence-electron chi connectivity index (χ4n) is 2.08. The summed E-state index contributed by atoms with van der Waals surface area (Å²) in [6.07, 6.45) is 0. The number of hydrogen-bond acceptors (Lipinski definition) is 2. The van der Waals surface area contributed by atoms with Gasteiger partial charge in [-0.1, -0.05) is 6.07 Å². The second-order valence-corrected chi connectivity index (χ2v) is 4.30. The summed E-state index contributed by atoms with van der Waals surface area (Å²) in [6, 6.07) is 12.4. The minimum Gasteiger partial charge on any atom is -0.508 e. The van der Waals surface area contributed by atoms with Crippen molar-refractivity contribution in [3.8, 4) is 11.4 Å². The molecule has 0 atom stereocenters. The zero-order valence-corrected chi connectivity index (χ0v) is 9.84. The largest absolute Gasteiger partial charge is 0.508 e. The molecule has 0 amide bonds. The summed E-state index contributed by atoms with van der Waals surface area (Å²) in [4.78, 5) is 14.8. The van der Waals surface area contributed by atoms with Crippen molar-refractivity contribution >= 4 is 11.0 Å². The predicted molar refractivity (Wildman–Crippen MR) is 70.3 cm³/mol. The Labute approximate surface area is 103 Å². The van der Waals surface area contributed by atoms with Gasteiger partial charge in [-0.25, -0.2) is 4.79 Å². The predicted octanol–water partition coefficient (Wildman–Crippen LogP) is 2.33. The molecule has 0 saturated carbocycles. The molecule has 0 fully saturated rings. The molecule has 3 aromatic rings. The van der Waals surface area contributed by atoms with Crippen LogP contribution in [0, 0.1) is 6.92 Å². The molecule has 0 unspecified atom stereocenters. The molecule has 90 valence electrons. The zero-order chi connectivity index (χ0) is 12.7. The lowest BCUT2D eigenvalue weighted by Crippen LogP contribution is -2.14. The fraction of sp³-hybridized carbons (Fsp3) is 0.0714. The van der Waals surface area contributed by atoms with Crippen LogP contribution in [0.2, 0.25) is 0 Å². The highest BCUT2D eigenvalue weighted by molar-refractivity contribution is 5.78. The first-order valence-electron chi connectivity index (χ1n) is 5.66. The Morgan fingerprint density at radius 2 is 1.83 bits per heavy atom. The number of imidazole rings is 1. The van der Waals surface area contributed by atoms with Crippen molar-refractivity contribution in [3.63, 3.8) is 0 Å². The van der Waals surface area contributed by atoms with E-state index in [0.29, 0.717) is 0 Å². The number of phenolic OH excluding ortho intramolecular Hbond substituents is 1. The summed E-state index contributed by atoms with van der Waals surface area (Å²) < 4.78 is 1.59. The van der Waals surface area contributed by atoms with Crippen molar-refractivity contribution in [2.75, 3.05) is 0 Å². The van der Waals surface area contributed by atoms with Crippen molar-refractivity contribution in [2.45, 2.75) is 6.92 Å². The van der Waals surface area contributed by atoms with E-state index in [9.17, 15) is 9.90 Å². The lowest BCUT2D eigenvalue weighted by molar-refractivity contribution is 0.475. The van der Waals surface area contributed by atoms with E-state index in [-0.39, 0.29) is 11.4 Å². The summed E-state index contributed by atoms with van der Waals surface area (Å²) >= 11 is 0. The second kappa shape index (κ2) is 3.77. The molecule has 0 aliphatic rings. The van der Waals surface area contributed by atoms with E-state index in [4.69, 9.17) is 0 Å². The van der Waals surface area contributed by atoms with Gasteiger partial charge in [0.2, 0.25) is 0 Å². The van der Waals surface area contributed by atoms with Crippen LogP contribution in [0.4, 0.5) is 0 Å². The van der Waals surface area contributed by atoms with Gasteiger partial charge in [-0.2, -0.15) is 0 Å². The normalized spacial score (nSPS) is 10.9. The number of fused-ring (bicyclic) bond motifs is 1. The minimum absolute atomic E-state index is 0.179. The molecule has 4 nitrogen and oxygen atoms in total. The van der Waals surface area contributed by atoms with Gasteiger partial charge >= 0.3 is 5.69 Å². The van der Waals surface area contributed by atoms with E-state index >= 15 is 0 Å². The van der Waals surface area contributed by atoms with Gasteiger partial charge in [0.15, 0.2) is 0 Å². The SMILES string of the molecule is Cc1ccc2c(c1)[nH]c(=O)n2-c1ccc(O)cc1. The quantitative estimate of drug-likeness (QED) is 0.685. The van der Waals surface area contributed by atoms with Crippen molar-refractivity contribution in [1.29, 1.82) is 0 Å². The molecular weight excluding hydrogens is 228 g/mol. The highest BCUT2D eigenvalue weighted by Gasteiger charge is 2.08. The number of benzene rings is 2. The number of hydrogen-bond donors (Lipinski definition) is 2. The number of aryl methyl sites for hydroxylation is 1. The van der Waals surface area contributed by atoms with E-state index in [1.54, 1.807) is 28.8 Å². The van der Waals surface area contributed by atoms with Gasteiger partial charge < -0.3 is 10.1 Å². The topological polar surface area (TPSA) is 58.0 Å². The summed E-state index contributed by atoms with van der Waals surface area (Å²) in [6.45, 7) is 1.98. The summed E-state index contributed by atoms with van der Waals surface area (Å²) in [7, 11) is 0. The van der Waals surface area contributed by atoms with Crippen LogP contribution < -0.4 is 5.69 Å². The Balaban J connectivity index is 2.32. The molecule has 0 aliphatic carbocycles. The zero-order valence-electron chi connectivity index (χ0n) is 9.84. The average Bonchev–Trinajstić information content (AvgIpc) is 2.65. The summed E-state index contributed by atoms with van der Waals surface area (Å²) in [5, 5.41) is 9.28. The van der Waals surface area contributed by atoms with Gasteiger partial charge in [0.25, 0.3) is 0 Å². The number of nitrogens with zero attached hydrogens (tertiary/aromatic N) is 1. The first-order chi connectivity index (χ1) is 8.65. The van der Waals surface area contributed by atoms with Crippen molar-refractivity contribution in [3.05, 3.63) is 58.5 Å². The molecular formula is C14H12N2O2. The number of aromatic hydroxyl groups is 1. The first-order valence-corrected chi connectivity index (χ1v) is 5.66. The first kappa shape index (κ1) is 10.7. The van der Waals surface area contributed by atoms with Crippen LogP contribution in [0.5, 0.6) is 5.75 Å². The monoisotopic (exact) mass is 240 g/mol. The van der Waals surface area contributed by atoms with Crippen LogP contribution in [0.3, 0.4) is 0 Å². The van der Waals surface area contributed by atoms with Crippen LogP contribution >= 0.6 is 0 Å². The highest BCUT2D eigenvalue weighted by Crippen LogP contribution is 2.18. The maximum Gasteiger partial charge on any atom is 0.331 e. The van der Waals surface area contributed by atoms with Crippen molar-refractivity contribution in [2.24, 2.45) is 0 Å². The number of phenols is 1. The van der Waals surface area contributed by atoms with Gasteiger partial charge in [-0.05, 0) is 48.9 Å². The summed E-state index contributed by atoms with van der Waals surface area (Å²) in [5.41, 5.74) is 3.29. The van der Waals surface area contributed by atoms with E-state index in [0.717, 1.165) is 22.3 Å². The van der Waals surface area contributed by atoms with Crippen molar-refractivity contribution in [1.82, 2.24) is 9.55 Å². The maximum atomic E-state index is 12.0. The third kappa shape index (κ3) is 1.59. The lowest BCUT2D eigenvalue weighted by Gasteiger charge is -2.03. The number of rotatable bonds is 1. The third-order valence-corrected chi connectivity index (χ3v) is 2.95. The van der Waals surface area contributed by atoms with E-state index < -0.39 is 0 Å². The maximum absolute atomic E-state index is 12.0. The van der Waals surface area contributed by atoms with Gasteiger partial charge in [-0.15, -0.1) is 0 Å². The Bertz CT molecular complexity index is 767. The van der Waals surface area contributed by atoms with Gasteiger partial charge in [0, 0.05) is 0 Å². The third-order valence-electron chi connectivity index (χ3n) is 2.95.